The Morgan fingerprint density at radius 2 is 1.38 bits per heavy atom. The van der Waals surface area contributed by atoms with E-state index >= 15 is 0 Å². The molecule has 6 nitrogen and oxygen atoms in total. The Bertz CT molecular complexity index is 890. The highest BCUT2D eigenvalue weighted by atomic mass is 16.4. The minimum absolute atomic E-state index is 0.241. The van der Waals surface area contributed by atoms with E-state index in [0.29, 0.717) is 17.6 Å². The van der Waals surface area contributed by atoms with Crippen LogP contribution < -0.4 is 10.6 Å². The van der Waals surface area contributed by atoms with Gasteiger partial charge in [-0.3, -0.25) is 0 Å². The lowest BCUT2D eigenvalue weighted by molar-refractivity contribution is 0.0697. The van der Waals surface area contributed by atoms with Gasteiger partial charge in [-0.05, 0) is 47.9 Å². The summed E-state index contributed by atoms with van der Waals surface area (Å²) in [4.78, 5) is 19.3. The van der Waals surface area contributed by atoms with Gasteiger partial charge in [0, 0.05) is 17.4 Å². The third-order valence-electron chi connectivity index (χ3n) is 3.92. The number of hydrogen-bond acceptors (Lipinski definition) is 5. The molecule has 3 N–H and O–H groups in total. The summed E-state index contributed by atoms with van der Waals surface area (Å²) in [7, 11) is 0. The summed E-state index contributed by atoms with van der Waals surface area (Å²) in [6.07, 6.45) is 1.47. The molecule has 0 bridgehead atoms. The molecular formula is C20H20N4O2. The number of carboxylic acids is 1. The minimum Gasteiger partial charge on any atom is -0.478 e. The van der Waals surface area contributed by atoms with E-state index in [0.717, 1.165) is 11.4 Å². The highest BCUT2D eigenvalue weighted by molar-refractivity contribution is 5.88. The van der Waals surface area contributed by atoms with Crippen LogP contribution in [-0.2, 0) is 0 Å². The van der Waals surface area contributed by atoms with Crippen molar-refractivity contribution < 1.29 is 9.90 Å². The lowest BCUT2D eigenvalue weighted by Gasteiger charge is -2.10. The number of hydrogen-bond donors (Lipinski definition) is 3. The first-order chi connectivity index (χ1) is 12.5. The zero-order chi connectivity index (χ0) is 18.5. The molecule has 6 heteroatoms. The largest absolute Gasteiger partial charge is 0.478 e. The van der Waals surface area contributed by atoms with Gasteiger partial charge in [0.25, 0.3) is 0 Å². The Balaban J connectivity index is 1.70. The maximum absolute atomic E-state index is 10.9. The maximum atomic E-state index is 10.9. The molecule has 3 aromatic rings. The Kier molecular flexibility index (Phi) is 5.12. The van der Waals surface area contributed by atoms with E-state index in [9.17, 15) is 4.79 Å². The van der Waals surface area contributed by atoms with Crippen LogP contribution in [0.1, 0.15) is 35.7 Å². The SMILES string of the molecule is CC(C)c1ccc(Nc2cc(Nc3ccc(C(=O)O)cc3)ncn2)cc1. The summed E-state index contributed by atoms with van der Waals surface area (Å²) in [5.74, 6) is 0.825. The highest BCUT2D eigenvalue weighted by Crippen LogP contribution is 2.22. The summed E-state index contributed by atoms with van der Waals surface area (Å²) in [5.41, 5.74) is 3.22. The first-order valence-electron chi connectivity index (χ1n) is 8.30. The molecule has 0 saturated carbocycles. The molecule has 2 aromatic carbocycles. The van der Waals surface area contributed by atoms with Gasteiger partial charge in [0.15, 0.2) is 0 Å². The number of aromatic carboxylic acids is 1. The van der Waals surface area contributed by atoms with Crippen LogP contribution in [0.4, 0.5) is 23.0 Å². The first-order valence-corrected chi connectivity index (χ1v) is 8.30. The van der Waals surface area contributed by atoms with Gasteiger partial charge in [-0.15, -0.1) is 0 Å². The Morgan fingerprint density at radius 1 is 0.885 bits per heavy atom. The number of benzene rings is 2. The molecule has 0 atom stereocenters. The third-order valence-corrected chi connectivity index (χ3v) is 3.92. The molecule has 0 aliphatic heterocycles. The van der Waals surface area contributed by atoms with E-state index in [1.807, 2.05) is 12.1 Å². The van der Waals surface area contributed by atoms with Gasteiger partial charge in [-0.2, -0.15) is 0 Å². The van der Waals surface area contributed by atoms with Crippen LogP contribution in [0.2, 0.25) is 0 Å². The van der Waals surface area contributed by atoms with Crippen LogP contribution in [0, 0.1) is 0 Å². The zero-order valence-corrected chi connectivity index (χ0v) is 14.6. The molecule has 0 aliphatic carbocycles. The van der Waals surface area contributed by atoms with Gasteiger partial charge in [0.05, 0.1) is 5.56 Å². The van der Waals surface area contributed by atoms with Crippen molar-refractivity contribution in [3.8, 4) is 0 Å². The van der Waals surface area contributed by atoms with Crippen molar-refractivity contribution in [1.82, 2.24) is 9.97 Å². The van der Waals surface area contributed by atoms with Gasteiger partial charge in [0.1, 0.15) is 18.0 Å². The van der Waals surface area contributed by atoms with Gasteiger partial charge in [-0.1, -0.05) is 26.0 Å². The number of rotatable bonds is 6. The first kappa shape index (κ1) is 17.4. The second kappa shape index (κ2) is 7.65. The average Bonchev–Trinajstić information content (AvgIpc) is 2.63. The van der Waals surface area contributed by atoms with Gasteiger partial charge >= 0.3 is 5.97 Å². The number of carbonyl (C=O) groups is 1. The quantitative estimate of drug-likeness (QED) is 0.594. The Hall–Kier alpha value is -3.41. The molecule has 0 saturated heterocycles. The molecule has 0 amide bonds. The monoisotopic (exact) mass is 348 g/mol. The molecule has 1 aromatic heterocycles. The molecule has 132 valence electrons. The number of aromatic nitrogens is 2. The molecule has 26 heavy (non-hydrogen) atoms. The smallest absolute Gasteiger partial charge is 0.335 e. The molecule has 0 radical (unpaired) electrons. The van der Waals surface area contributed by atoms with Crippen LogP contribution in [0.3, 0.4) is 0 Å². The van der Waals surface area contributed by atoms with Gasteiger partial charge < -0.3 is 15.7 Å². The van der Waals surface area contributed by atoms with E-state index in [4.69, 9.17) is 5.11 Å². The zero-order valence-electron chi connectivity index (χ0n) is 14.6. The maximum Gasteiger partial charge on any atom is 0.335 e. The second-order valence-corrected chi connectivity index (χ2v) is 6.20. The van der Waals surface area contributed by atoms with Crippen LogP contribution in [0.25, 0.3) is 0 Å². The molecule has 0 fully saturated rings. The molecular weight excluding hydrogens is 328 g/mol. The van der Waals surface area contributed by atoms with Crippen molar-refractivity contribution in [2.24, 2.45) is 0 Å². The van der Waals surface area contributed by atoms with E-state index in [-0.39, 0.29) is 5.56 Å². The average molecular weight is 348 g/mol. The van der Waals surface area contributed by atoms with Crippen molar-refractivity contribution in [1.29, 1.82) is 0 Å². The number of anilines is 4. The van der Waals surface area contributed by atoms with Crippen LogP contribution in [-0.4, -0.2) is 21.0 Å². The van der Waals surface area contributed by atoms with E-state index in [1.165, 1.54) is 11.9 Å². The van der Waals surface area contributed by atoms with Gasteiger partial charge in [0.2, 0.25) is 0 Å². The fourth-order valence-electron chi connectivity index (χ4n) is 2.44. The predicted octanol–water partition coefficient (Wildman–Crippen LogP) is 4.79. The molecule has 0 aliphatic rings. The summed E-state index contributed by atoms with van der Waals surface area (Å²) in [6.45, 7) is 4.32. The third kappa shape index (κ3) is 4.36. The minimum atomic E-state index is -0.950. The van der Waals surface area contributed by atoms with E-state index < -0.39 is 5.97 Å². The predicted molar refractivity (Wildman–Crippen MR) is 103 cm³/mol. The molecule has 0 spiro atoms. The normalized spacial score (nSPS) is 10.6. The molecule has 0 unspecified atom stereocenters. The fraction of sp³-hybridized carbons (Fsp3) is 0.150. The van der Waals surface area contributed by atoms with Crippen molar-refractivity contribution in [2.75, 3.05) is 10.6 Å². The summed E-state index contributed by atoms with van der Waals surface area (Å²) in [5, 5.41) is 15.3. The number of nitrogens with one attached hydrogen (secondary N) is 2. The van der Waals surface area contributed by atoms with Crippen molar-refractivity contribution >= 4 is 29.0 Å². The molecule has 3 rings (SSSR count). The van der Waals surface area contributed by atoms with E-state index in [2.05, 4.69) is 46.6 Å². The summed E-state index contributed by atoms with van der Waals surface area (Å²) < 4.78 is 0. The topological polar surface area (TPSA) is 87.1 Å². The number of nitrogens with zero attached hydrogens (tertiary/aromatic N) is 2. The number of carboxylic acid groups (broad SMARTS) is 1. The Morgan fingerprint density at radius 3 is 1.85 bits per heavy atom. The van der Waals surface area contributed by atoms with Crippen molar-refractivity contribution in [3.05, 3.63) is 72.1 Å². The lowest BCUT2D eigenvalue weighted by atomic mass is 10.0. The fourth-order valence-corrected chi connectivity index (χ4v) is 2.44. The van der Waals surface area contributed by atoms with Crippen molar-refractivity contribution in [3.63, 3.8) is 0 Å². The standard InChI is InChI=1S/C20H20N4O2/c1-13(2)14-3-7-16(8-4-14)23-18-11-19(22-12-21-18)24-17-9-5-15(6-10-17)20(25)26/h3-13H,1-2H3,(H,25,26)(H2,21,22,23,24). The summed E-state index contributed by atoms with van der Waals surface area (Å²) >= 11 is 0. The van der Waals surface area contributed by atoms with Crippen LogP contribution in [0.5, 0.6) is 0 Å². The molecule has 1 heterocycles. The van der Waals surface area contributed by atoms with Gasteiger partial charge in [-0.25, -0.2) is 14.8 Å². The van der Waals surface area contributed by atoms with Crippen LogP contribution >= 0.6 is 0 Å². The Labute approximate surface area is 152 Å². The summed E-state index contributed by atoms with van der Waals surface area (Å²) in [6, 6.07) is 16.5. The van der Waals surface area contributed by atoms with Crippen LogP contribution in [0.15, 0.2) is 60.9 Å². The lowest BCUT2D eigenvalue weighted by Crippen LogP contribution is -2.00. The van der Waals surface area contributed by atoms with Crippen molar-refractivity contribution in [2.45, 2.75) is 19.8 Å². The second-order valence-electron chi connectivity index (χ2n) is 6.20. The van der Waals surface area contributed by atoms with E-state index in [1.54, 1.807) is 30.3 Å². The highest BCUT2D eigenvalue weighted by Gasteiger charge is 2.04.